The maximum absolute atomic E-state index is 6.17. The average Bonchev–Trinajstić information content (AvgIpc) is 2.75. The lowest BCUT2D eigenvalue weighted by Gasteiger charge is -2.34. The number of hydrogen-bond acceptors (Lipinski definition) is 4. The minimum Gasteiger partial charge on any atom is -0.490 e. The molecule has 4 heteroatoms. The molecule has 1 aliphatic rings. The molecule has 0 spiro atoms. The van der Waals surface area contributed by atoms with Crippen molar-refractivity contribution >= 4 is 0 Å². The van der Waals surface area contributed by atoms with Gasteiger partial charge in [-0.15, -0.1) is 0 Å². The molecule has 0 aliphatic carbocycles. The summed E-state index contributed by atoms with van der Waals surface area (Å²) in [4.78, 5) is 5.08. The lowest BCUT2D eigenvalue weighted by molar-refractivity contribution is 0.132. The third-order valence-corrected chi connectivity index (χ3v) is 5.84. The van der Waals surface area contributed by atoms with Crippen molar-refractivity contribution in [2.45, 2.75) is 78.7 Å². The van der Waals surface area contributed by atoms with E-state index in [4.69, 9.17) is 9.47 Å². The van der Waals surface area contributed by atoms with Gasteiger partial charge in [0.25, 0.3) is 0 Å². The first kappa shape index (κ1) is 24.0. The van der Waals surface area contributed by atoms with E-state index in [2.05, 4.69) is 48.8 Å². The normalized spacial score (nSPS) is 15.6. The van der Waals surface area contributed by atoms with Crippen LogP contribution in [0.15, 0.2) is 18.2 Å². The highest BCUT2D eigenvalue weighted by Crippen LogP contribution is 2.30. The first-order valence-electron chi connectivity index (χ1n) is 12.1. The fourth-order valence-electron chi connectivity index (χ4n) is 3.83. The van der Waals surface area contributed by atoms with Crippen LogP contribution in [-0.2, 0) is 6.54 Å². The number of likely N-dealkylation sites (N-methyl/N-ethyl adjacent to an activating group) is 1. The zero-order chi connectivity index (χ0) is 20.7. The molecule has 166 valence electrons. The smallest absolute Gasteiger partial charge is 0.161 e. The molecule has 1 fully saturated rings. The van der Waals surface area contributed by atoms with Crippen LogP contribution in [-0.4, -0.2) is 55.7 Å². The van der Waals surface area contributed by atoms with Gasteiger partial charge in [-0.05, 0) is 37.1 Å². The summed E-state index contributed by atoms with van der Waals surface area (Å²) in [6.07, 6.45) is 9.80. The number of hydrogen-bond donors (Lipinski definition) is 0. The Morgan fingerprint density at radius 1 is 0.690 bits per heavy atom. The van der Waals surface area contributed by atoms with Crippen LogP contribution < -0.4 is 9.47 Å². The molecule has 1 saturated heterocycles. The minimum absolute atomic E-state index is 0.782. The summed E-state index contributed by atoms with van der Waals surface area (Å²) in [6.45, 7) is 15.1. The van der Waals surface area contributed by atoms with Gasteiger partial charge < -0.3 is 14.4 Å². The Morgan fingerprint density at radius 2 is 1.28 bits per heavy atom. The molecular weight excluding hydrogens is 360 g/mol. The van der Waals surface area contributed by atoms with E-state index >= 15 is 0 Å². The number of nitrogens with zero attached hydrogens (tertiary/aromatic N) is 2. The predicted molar refractivity (Wildman–Crippen MR) is 123 cm³/mol. The average molecular weight is 405 g/mol. The summed E-state index contributed by atoms with van der Waals surface area (Å²) in [5.41, 5.74) is 1.33. The molecule has 0 radical (unpaired) electrons. The maximum atomic E-state index is 6.17. The SMILES string of the molecule is CCCCCCOc1ccc(CN2CCN(CC)CC2)cc1OCCCCCC. The summed E-state index contributed by atoms with van der Waals surface area (Å²) < 4.78 is 12.3. The monoisotopic (exact) mass is 404 g/mol. The summed E-state index contributed by atoms with van der Waals surface area (Å²) in [7, 11) is 0. The number of unbranched alkanes of at least 4 members (excludes halogenated alkanes) is 6. The second-order valence-corrected chi connectivity index (χ2v) is 8.31. The van der Waals surface area contributed by atoms with E-state index in [1.807, 2.05) is 0 Å². The van der Waals surface area contributed by atoms with E-state index in [1.54, 1.807) is 0 Å². The quantitative estimate of drug-likeness (QED) is 0.348. The lowest BCUT2D eigenvalue weighted by atomic mass is 10.1. The van der Waals surface area contributed by atoms with Crippen LogP contribution >= 0.6 is 0 Å². The molecule has 0 unspecified atom stereocenters. The highest BCUT2D eigenvalue weighted by molar-refractivity contribution is 5.43. The van der Waals surface area contributed by atoms with Crippen molar-refractivity contribution in [3.05, 3.63) is 23.8 Å². The minimum atomic E-state index is 0.782. The van der Waals surface area contributed by atoms with E-state index in [0.29, 0.717) is 0 Å². The van der Waals surface area contributed by atoms with Crippen LogP contribution in [0, 0.1) is 0 Å². The standard InChI is InChI=1S/C25H44N2O2/c1-4-7-9-11-19-28-24-14-13-23(21-25(24)29-20-12-10-8-5-2)22-27-17-15-26(6-3)16-18-27/h13-14,21H,4-12,15-20,22H2,1-3H3. The van der Waals surface area contributed by atoms with Crippen molar-refractivity contribution in [1.29, 1.82) is 0 Å². The number of benzene rings is 1. The van der Waals surface area contributed by atoms with Gasteiger partial charge >= 0.3 is 0 Å². The number of rotatable bonds is 15. The number of ether oxygens (including phenoxy) is 2. The van der Waals surface area contributed by atoms with Crippen molar-refractivity contribution in [1.82, 2.24) is 9.80 Å². The summed E-state index contributed by atoms with van der Waals surface area (Å²) in [5, 5.41) is 0. The van der Waals surface area contributed by atoms with Gasteiger partial charge in [-0.2, -0.15) is 0 Å². The Balaban J connectivity index is 1.91. The first-order valence-corrected chi connectivity index (χ1v) is 12.1. The molecule has 0 N–H and O–H groups in total. The van der Waals surface area contributed by atoms with Gasteiger partial charge in [-0.1, -0.05) is 65.4 Å². The molecule has 0 bridgehead atoms. The van der Waals surface area contributed by atoms with Crippen LogP contribution in [0.3, 0.4) is 0 Å². The van der Waals surface area contributed by atoms with Crippen LogP contribution in [0.5, 0.6) is 11.5 Å². The van der Waals surface area contributed by atoms with Crippen LogP contribution in [0.4, 0.5) is 0 Å². The van der Waals surface area contributed by atoms with E-state index in [0.717, 1.165) is 63.7 Å². The van der Waals surface area contributed by atoms with Crippen LogP contribution in [0.25, 0.3) is 0 Å². The van der Waals surface area contributed by atoms with Crippen LogP contribution in [0.1, 0.15) is 77.7 Å². The highest BCUT2D eigenvalue weighted by Gasteiger charge is 2.16. The first-order chi connectivity index (χ1) is 14.3. The van der Waals surface area contributed by atoms with Gasteiger partial charge in [0, 0.05) is 32.7 Å². The largest absolute Gasteiger partial charge is 0.490 e. The molecule has 0 atom stereocenters. The Kier molecular flexibility index (Phi) is 12.2. The zero-order valence-corrected chi connectivity index (χ0v) is 19.3. The second kappa shape index (κ2) is 14.7. The molecule has 1 heterocycles. The van der Waals surface area contributed by atoms with Crippen molar-refractivity contribution in [2.24, 2.45) is 0 Å². The third-order valence-electron chi connectivity index (χ3n) is 5.84. The van der Waals surface area contributed by atoms with E-state index in [1.165, 1.54) is 57.2 Å². The molecular formula is C25H44N2O2. The Hall–Kier alpha value is -1.26. The van der Waals surface area contributed by atoms with E-state index in [9.17, 15) is 0 Å². The summed E-state index contributed by atoms with van der Waals surface area (Å²) in [5.74, 6) is 1.85. The number of piperazine rings is 1. The van der Waals surface area contributed by atoms with Gasteiger partial charge in [0.05, 0.1) is 13.2 Å². The van der Waals surface area contributed by atoms with Crippen LogP contribution in [0.2, 0.25) is 0 Å². The summed E-state index contributed by atoms with van der Waals surface area (Å²) in [6, 6.07) is 6.56. The molecule has 1 aromatic carbocycles. The molecule has 0 aromatic heterocycles. The highest BCUT2D eigenvalue weighted by atomic mass is 16.5. The third kappa shape index (κ3) is 9.39. The molecule has 4 nitrogen and oxygen atoms in total. The molecule has 1 aliphatic heterocycles. The van der Waals surface area contributed by atoms with Crippen molar-refractivity contribution in [2.75, 3.05) is 45.9 Å². The van der Waals surface area contributed by atoms with Gasteiger partial charge in [0.1, 0.15) is 0 Å². The second-order valence-electron chi connectivity index (χ2n) is 8.31. The van der Waals surface area contributed by atoms with Crippen molar-refractivity contribution in [3.63, 3.8) is 0 Å². The lowest BCUT2D eigenvalue weighted by Crippen LogP contribution is -2.45. The Morgan fingerprint density at radius 3 is 1.86 bits per heavy atom. The van der Waals surface area contributed by atoms with E-state index < -0.39 is 0 Å². The van der Waals surface area contributed by atoms with Gasteiger partial charge in [-0.25, -0.2) is 0 Å². The van der Waals surface area contributed by atoms with Gasteiger partial charge in [0.15, 0.2) is 11.5 Å². The van der Waals surface area contributed by atoms with Gasteiger partial charge in [0.2, 0.25) is 0 Å². The molecule has 0 amide bonds. The molecule has 0 saturated carbocycles. The Bertz CT molecular complexity index is 542. The summed E-state index contributed by atoms with van der Waals surface area (Å²) >= 11 is 0. The van der Waals surface area contributed by atoms with Crippen molar-refractivity contribution in [3.8, 4) is 11.5 Å². The topological polar surface area (TPSA) is 24.9 Å². The van der Waals surface area contributed by atoms with Gasteiger partial charge in [-0.3, -0.25) is 4.90 Å². The molecule has 2 rings (SSSR count). The molecule has 1 aromatic rings. The van der Waals surface area contributed by atoms with Crippen molar-refractivity contribution < 1.29 is 9.47 Å². The fraction of sp³-hybridized carbons (Fsp3) is 0.760. The predicted octanol–water partition coefficient (Wildman–Crippen LogP) is 5.74. The maximum Gasteiger partial charge on any atom is 0.161 e. The molecule has 29 heavy (non-hydrogen) atoms. The zero-order valence-electron chi connectivity index (χ0n) is 19.3. The van der Waals surface area contributed by atoms with E-state index in [-0.39, 0.29) is 0 Å². The Labute approximate surface area is 179 Å². The fourth-order valence-corrected chi connectivity index (χ4v) is 3.83.